The maximum Gasteiger partial charge on any atom is 0.254 e. The first-order valence-electron chi connectivity index (χ1n) is 5.39. The molecule has 1 aromatic rings. The van der Waals surface area contributed by atoms with E-state index >= 15 is 0 Å². The molecule has 0 unspecified atom stereocenters. The molecule has 0 radical (unpaired) electrons. The van der Waals surface area contributed by atoms with E-state index in [-0.39, 0.29) is 11.4 Å². The number of amides is 1. The van der Waals surface area contributed by atoms with E-state index < -0.39 is 0 Å². The first kappa shape index (κ1) is 11.3. The van der Waals surface area contributed by atoms with Gasteiger partial charge in [0.2, 0.25) is 0 Å². The Hall–Kier alpha value is -1.16. The predicted molar refractivity (Wildman–Crippen MR) is 61.4 cm³/mol. The summed E-state index contributed by atoms with van der Waals surface area (Å²) in [6, 6.07) is 0. The minimum Gasteiger partial charge on any atom is -0.345 e. The van der Waals surface area contributed by atoms with Crippen molar-refractivity contribution in [3.8, 4) is 0 Å². The topological polar surface area (TPSA) is 54.9 Å². The van der Waals surface area contributed by atoms with Crippen molar-refractivity contribution in [1.82, 2.24) is 15.3 Å². The fourth-order valence-corrected chi connectivity index (χ4v) is 2.41. The van der Waals surface area contributed by atoms with Crippen molar-refractivity contribution >= 4 is 17.5 Å². The van der Waals surface area contributed by atoms with Gasteiger partial charge in [-0.1, -0.05) is 12.8 Å². The van der Waals surface area contributed by atoms with Gasteiger partial charge in [0.1, 0.15) is 6.33 Å². The summed E-state index contributed by atoms with van der Waals surface area (Å²) in [6.45, 7) is 0. The Morgan fingerprint density at radius 2 is 2.00 bits per heavy atom. The molecule has 1 aromatic heterocycles. The van der Waals surface area contributed by atoms with Gasteiger partial charge in [-0.15, -0.1) is 11.6 Å². The van der Waals surface area contributed by atoms with Gasteiger partial charge in [0, 0.05) is 18.3 Å². The first-order valence-corrected chi connectivity index (χ1v) is 5.93. The van der Waals surface area contributed by atoms with Gasteiger partial charge in [0.05, 0.1) is 11.1 Å². The quantitative estimate of drug-likeness (QED) is 0.818. The van der Waals surface area contributed by atoms with Crippen molar-refractivity contribution in [2.75, 3.05) is 5.88 Å². The molecule has 0 saturated heterocycles. The van der Waals surface area contributed by atoms with E-state index in [0.29, 0.717) is 11.4 Å². The molecule has 1 fully saturated rings. The predicted octanol–water partition coefficient (Wildman–Crippen LogP) is 1.76. The number of alkyl halides is 1. The molecule has 1 heterocycles. The Labute approximate surface area is 99.4 Å². The molecular formula is C11H14ClN3O. The summed E-state index contributed by atoms with van der Waals surface area (Å²) in [7, 11) is 0. The van der Waals surface area contributed by atoms with Gasteiger partial charge in [0.15, 0.2) is 0 Å². The van der Waals surface area contributed by atoms with Gasteiger partial charge in [-0.05, 0) is 12.8 Å². The first-order chi connectivity index (χ1) is 7.76. The Bertz CT molecular complexity index is 363. The highest BCUT2D eigenvalue weighted by molar-refractivity contribution is 6.19. The second kappa shape index (κ2) is 4.78. The maximum absolute atomic E-state index is 11.9. The van der Waals surface area contributed by atoms with Crippen molar-refractivity contribution in [2.24, 2.45) is 0 Å². The van der Waals surface area contributed by atoms with Crippen molar-refractivity contribution in [3.05, 3.63) is 24.3 Å². The summed E-state index contributed by atoms with van der Waals surface area (Å²) in [5.41, 5.74) is 0.257. The summed E-state index contributed by atoms with van der Waals surface area (Å²) in [6.07, 6.45) is 8.59. The average Bonchev–Trinajstić information content (AvgIpc) is 2.79. The maximum atomic E-state index is 11.9. The summed E-state index contributed by atoms with van der Waals surface area (Å²) >= 11 is 5.95. The van der Waals surface area contributed by atoms with E-state index in [1.54, 1.807) is 0 Å². The highest BCUT2D eigenvalue weighted by Crippen LogP contribution is 2.30. The van der Waals surface area contributed by atoms with E-state index in [9.17, 15) is 4.79 Å². The van der Waals surface area contributed by atoms with Crippen LogP contribution in [0.3, 0.4) is 0 Å². The molecule has 4 nitrogen and oxygen atoms in total. The smallest absolute Gasteiger partial charge is 0.254 e. The fraction of sp³-hybridized carbons (Fsp3) is 0.545. The van der Waals surface area contributed by atoms with Crippen LogP contribution in [-0.2, 0) is 0 Å². The van der Waals surface area contributed by atoms with Crippen molar-refractivity contribution < 1.29 is 4.79 Å². The lowest BCUT2D eigenvalue weighted by molar-refractivity contribution is 0.0908. The van der Waals surface area contributed by atoms with Crippen LogP contribution in [0.25, 0.3) is 0 Å². The lowest BCUT2D eigenvalue weighted by atomic mass is 10.00. The number of rotatable bonds is 3. The van der Waals surface area contributed by atoms with Crippen LogP contribution in [0.1, 0.15) is 36.0 Å². The van der Waals surface area contributed by atoms with Gasteiger partial charge in [0.25, 0.3) is 5.91 Å². The molecule has 1 N–H and O–H groups in total. The lowest BCUT2D eigenvalue weighted by Gasteiger charge is -2.27. The molecule has 1 aliphatic carbocycles. The molecule has 16 heavy (non-hydrogen) atoms. The van der Waals surface area contributed by atoms with Gasteiger partial charge in [-0.25, -0.2) is 9.97 Å². The molecule has 0 aliphatic heterocycles. The normalized spacial score (nSPS) is 18.3. The summed E-state index contributed by atoms with van der Waals surface area (Å²) < 4.78 is 0. The molecule has 0 atom stereocenters. The monoisotopic (exact) mass is 239 g/mol. The Kier molecular flexibility index (Phi) is 3.39. The van der Waals surface area contributed by atoms with Gasteiger partial charge >= 0.3 is 0 Å². The van der Waals surface area contributed by atoms with Gasteiger partial charge in [-0.3, -0.25) is 4.79 Å². The van der Waals surface area contributed by atoms with Crippen LogP contribution in [0.5, 0.6) is 0 Å². The zero-order valence-electron chi connectivity index (χ0n) is 8.95. The van der Waals surface area contributed by atoms with Crippen molar-refractivity contribution in [2.45, 2.75) is 31.2 Å². The van der Waals surface area contributed by atoms with Gasteiger partial charge < -0.3 is 5.32 Å². The number of nitrogens with one attached hydrogen (secondary N) is 1. The van der Waals surface area contributed by atoms with Crippen LogP contribution in [0.15, 0.2) is 18.7 Å². The number of aromatic nitrogens is 2. The Balaban J connectivity index is 2.07. The van der Waals surface area contributed by atoms with Crippen molar-refractivity contribution in [3.63, 3.8) is 0 Å². The SMILES string of the molecule is O=C(NC1(CCl)CCCC1)c1cncnc1. The molecule has 1 aliphatic rings. The number of hydrogen-bond acceptors (Lipinski definition) is 3. The zero-order valence-corrected chi connectivity index (χ0v) is 9.70. The van der Waals surface area contributed by atoms with E-state index in [1.165, 1.54) is 18.7 Å². The third-order valence-corrected chi connectivity index (χ3v) is 3.53. The molecule has 0 aromatic carbocycles. The van der Waals surface area contributed by atoms with E-state index in [4.69, 9.17) is 11.6 Å². The highest BCUT2D eigenvalue weighted by Gasteiger charge is 2.34. The standard InChI is InChI=1S/C11H14ClN3O/c12-7-11(3-1-2-4-11)15-10(16)9-5-13-8-14-6-9/h5-6,8H,1-4,7H2,(H,15,16). The number of carbonyl (C=O) groups excluding carboxylic acids is 1. The number of hydrogen-bond donors (Lipinski definition) is 1. The molecule has 86 valence electrons. The molecule has 0 spiro atoms. The van der Waals surface area contributed by atoms with Crippen LogP contribution < -0.4 is 5.32 Å². The second-order valence-corrected chi connectivity index (χ2v) is 4.47. The number of halogens is 1. The number of carbonyl (C=O) groups is 1. The molecule has 1 amide bonds. The average molecular weight is 240 g/mol. The Morgan fingerprint density at radius 3 is 2.56 bits per heavy atom. The second-order valence-electron chi connectivity index (χ2n) is 4.20. The third kappa shape index (κ3) is 2.32. The summed E-state index contributed by atoms with van der Waals surface area (Å²) in [5.74, 6) is 0.329. The highest BCUT2D eigenvalue weighted by atomic mass is 35.5. The molecule has 5 heteroatoms. The van der Waals surface area contributed by atoms with Crippen LogP contribution >= 0.6 is 11.6 Å². The summed E-state index contributed by atoms with van der Waals surface area (Å²) in [4.78, 5) is 19.6. The van der Waals surface area contributed by atoms with Gasteiger partial charge in [-0.2, -0.15) is 0 Å². The minimum absolute atomic E-state index is 0.136. The van der Waals surface area contributed by atoms with E-state index in [0.717, 1.165) is 25.7 Å². The van der Waals surface area contributed by atoms with Crippen molar-refractivity contribution in [1.29, 1.82) is 0 Å². The largest absolute Gasteiger partial charge is 0.345 e. The molecule has 0 bridgehead atoms. The molecule has 2 rings (SSSR count). The Morgan fingerprint density at radius 1 is 1.38 bits per heavy atom. The lowest BCUT2D eigenvalue weighted by Crippen LogP contribution is -2.47. The van der Waals surface area contributed by atoms with Crippen LogP contribution in [0, 0.1) is 0 Å². The summed E-state index contributed by atoms with van der Waals surface area (Å²) in [5, 5.41) is 3.01. The minimum atomic E-state index is -0.228. The van der Waals surface area contributed by atoms with Crippen LogP contribution in [0.2, 0.25) is 0 Å². The van der Waals surface area contributed by atoms with E-state index in [1.807, 2.05) is 0 Å². The van der Waals surface area contributed by atoms with E-state index in [2.05, 4.69) is 15.3 Å². The molecular weight excluding hydrogens is 226 g/mol. The zero-order chi connectivity index (χ0) is 11.4. The number of nitrogens with zero attached hydrogens (tertiary/aromatic N) is 2. The van der Waals surface area contributed by atoms with Crippen LogP contribution in [-0.4, -0.2) is 27.3 Å². The fourth-order valence-electron chi connectivity index (χ4n) is 2.07. The molecule has 1 saturated carbocycles. The van der Waals surface area contributed by atoms with Crippen LogP contribution in [0.4, 0.5) is 0 Å². The third-order valence-electron chi connectivity index (χ3n) is 3.02.